The monoisotopic (exact) mass is 1060 g/mol. The molecule has 0 aliphatic carbocycles. The number of methoxy groups -OCH3 is 1. The number of carbonyl (C=O) groups is 1. The first-order chi connectivity index (χ1) is 31.7. The van der Waals surface area contributed by atoms with Crippen molar-refractivity contribution in [3.63, 3.8) is 0 Å². The molecule has 0 spiro atoms. The molecule has 13 nitrogen and oxygen atoms in total. The second-order valence-electron chi connectivity index (χ2n) is 24.7. The summed E-state index contributed by atoms with van der Waals surface area (Å²) in [6.45, 7) is 33.9. The second-order valence-corrected chi connectivity index (χ2v) is 35.4. The summed E-state index contributed by atoms with van der Waals surface area (Å²) in [5.74, 6) is -0.797. The average Bonchev–Trinajstić information content (AvgIpc) is 3.80. The molecule has 2 N–H and O–H groups in total. The number of Topliss-reactive ketones (excluding diaryl/α,β-unsaturated/α-hetero) is 1. The van der Waals surface area contributed by atoms with Crippen LogP contribution in [0.4, 0.5) is 0 Å². The smallest absolute Gasteiger partial charge is 0.192 e. The average molecular weight is 1060 g/mol. The molecule has 8 rings (SSSR count). The molecular formula is C52H89BrO13Si2. The van der Waals surface area contributed by atoms with Crippen molar-refractivity contribution >= 4 is 38.3 Å². The maximum atomic E-state index is 14.6. The third-order valence-electron chi connectivity index (χ3n) is 17.5. The number of fused-ring (bicyclic) bond motifs is 1. The minimum absolute atomic E-state index is 0.0113. The van der Waals surface area contributed by atoms with Crippen molar-refractivity contribution in [2.75, 3.05) is 20.3 Å². The Labute approximate surface area is 419 Å². The van der Waals surface area contributed by atoms with Gasteiger partial charge < -0.3 is 57.0 Å². The molecule has 8 aliphatic heterocycles. The van der Waals surface area contributed by atoms with E-state index in [0.29, 0.717) is 58.0 Å². The normalized spacial score (nSPS) is 39.2. The number of rotatable bonds is 22. The van der Waals surface area contributed by atoms with E-state index < -0.39 is 40.7 Å². The van der Waals surface area contributed by atoms with Gasteiger partial charge in [-0.15, -0.1) is 0 Å². The minimum Gasteiger partial charge on any atom is -0.414 e. The Balaban J connectivity index is 1.08. The molecule has 8 aliphatic rings. The summed E-state index contributed by atoms with van der Waals surface area (Å²) in [6, 6.07) is 0. The van der Waals surface area contributed by atoms with Crippen LogP contribution in [-0.2, 0) is 51.5 Å². The lowest BCUT2D eigenvalue weighted by Gasteiger charge is -2.47. The molecule has 0 radical (unpaired) electrons. The predicted octanol–water partition coefficient (Wildman–Crippen LogP) is 9.46. The van der Waals surface area contributed by atoms with Crippen molar-refractivity contribution in [3.05, 3.63) is 23.2 Å². The van der Waals surface area contributed by atoms with E-state index in [2.05, 4.69) is 104 Å². The van der Waals surface area contributed by atoms with Gasteiger partial charge in [0.25, 0.3) is 0 Å². The van der Waals surface area contributed by atoms with Crippen LogP contribution in [0.5, 0.6) is 0 Å². The highest BCUT2D eigenvalue weighted by Crippen LogP contribution is 2.54. The number of carbonyl (C=O) groups excluding carboxylic acids is 1. The van der Waals surface area contributed by atoms with Gasteiger partial charge in [-0.25, -0.2) is 0 Å². The van der Waals surface area contributed by atoms with Crippen molar-refractivity contribution in [1.29, 1.82) is 0 Å². The van der Waals surface area contributed by atoms with E-state index in [9.17, 15) is 15.0 Å². The summed E-state index contributed by atoms with van der Waals surface area (Å²) < 4.78 is 69.0. The fraction of sp³-hybridized carbons (Fsp3) is 0.904. The number of ketones is 1. The predicted molar refractivity (Wildman–Crippen MR) is 270 cm³/mol. The Bertz CT molecular complexity index is 1750. The zero-order chi connectivity index (χ0) is 49.7. The van der Waals surface area contributed by atoms with Crippen molar-refractivity contribution in [2.45, 2.75) is 266 Å². The highest BCUT2D eigenvalue weighted by atomic mass is 79.9. The molecule has 0 unspecified atom stereocenters. The molecule has 0 aromatic heterocycles. The number of hydrogen-bond donors (Lipinski definition) is 2. The molecule has 18 atom stereocenters. The van der Waals surface area contributed by atoms with E-state index in [4.69, 9.17) is 46.7 Å². The highest BCUT2D eigenvalue weighted by molar-refractivity contribution is 9.11. The van der Waals surface area contributed by atoms with Crippen LogP contribution in [0.2, 0.25) is 36.3 Å². The van der Waals surface area contributed by atoms with Gasteiger partial charge in [0.15, 0.2) is 22.4 Å². The van der Waals surface area contributed by atoms with E-state index in [1.807, 2.05) is 0 Å². The summed E-state index contributed by atoms with van der Waals surface area (Å²) in [5.41, 5.74) is 1.05. The van der Waals surface area contributed by atoms with Crippen LogP contribution in [0.25, 0.3) is 0 Å². The van der Waals surface area contributed by atoms with Crippen LogP contribution in [0.1, 0.15) is 132 Å². The SMILES string of the molecule is C=C(Br)C[C@H](O)CC[C@]12C[C@H]3O[C@H]4[C@@H](O1)[C@H]1O[C@@H](CC(=O)C[C@@H]5[C@@H](OC)[C@@H](C[C@@H](CO[Si](C)(C)C(C)(C)C)O[Si](C)(C)C(C)(C)C)O[C@H]5C[C@H]5O[C@@H](CCCO)C[C@@H](C)C5=C)CC[C@@H]1O[C@H]4[C@H]3O2. The van der Waals surface area contributed by atoms with Gasteiger partial charge in [-0.05, 0) is 90.8 Å². The number of hydrogen-bond acceptors (Lipinski definition) is 13. The summed E-state index contributed by atoms with van der Waals surface area (Å²) in [5, 5.41) is 20.4. The number of halogens is 1. The maximum absolute atomic E-state index is 14.6. The molecule has 0 aromatic rings. The van der Waals surface area contributed by atoms with E-state index in [1.54, 1.807) is 7.11 Å². The van der Waals surface area contributed by atoms with Crippen molar-refractivity contribution in [3.8, 4) is 0 Å². The molecule has 68 heavy (non-hydrogen) atoms. The molecule has 0 saturated carbocycles. The van der Waals surface area contributed by atoms with Crippen molar-refractivity contribution in [2.24, 2.45) is 11.8 Å². The lowest BCUT2D eigenvalue weighted by atomic mass is 9.81. The van der Waals surface area contributed by atoms with Crippen LogP contribution in [-0.4, -0.2) is 150 Å². The van der Waals surface area contributed by atoms with Gasteiger partial charge in [0.2, 0.25) is 0 Å². The molecule has 8 saturated heterocycles. The standard InChI is InChI=1S/C52H89BrO13Si2/c1-30-22-35(16-15-21-54)59-40(32(30)3)27-41-38(44(57-10)42(61-41)26-37(66-68(13,14)51(7,8)9)29-58-67(11,12)50(4,5)6)25-34(56)24-36-17-18-39-45(60-36)49-48-47(62-39)46-43(63-48)28-52(64-46,65-49)20-19-33(55)23-31(2)53/h30,33,35-49,54-55H,2-3,15-29H2,1,4-14H3/t30-,33-,35+,36-,37+,38+,39+,40-,41+,42-,43-,44-,45+,46+,47+,48-,49+,52-/m1/s1. The summed E-state index contributed by atoms with van der Waals surface area (Å²) >= 11 is 3.38. The third kappa shape index (κ3) is 12.4. The lowest BCUT2D eigenvalue weighted by molar-refractivity contribution is -0.292. The van der Waals surface area contributed by atoms with Crippen LogP contribution in [0, 0.1) is 11.8 Å². The van der Waals surface area contributed by atoms with Crippen LogP contribution in [0.3, 0.4) is 0 Å². The third-order valence-corrected chi connectivity index (χ3v) is 26.9. The summed E-state index contributed by atoms with van der Waals surface area (Å²) in [6.07, 6.45) is 3.03. The Morgan fingerprint density at radius 1 is 0.882 bits per heavy atom. The Morgan fingerprint density at radius 3 is 2.22 bits per heavy atom. The van der Waals surface area contributed by atoms with Gasteiger partial charge in [-0.1, -0.05) is 77.6 Å². The fourth-order valence-electron chi connectivity index (χ4n) is 11.5. The van der Waals surface area contributed by atoms with Gasteiger partial charge >= 0.3 is 0 Å². The maximum Gasteiger partial charge on any atom is 0.192 e. The van der Waals surface area contributed by atoms with Crippen LogP contribution in [0.15, 0.2) is 23.2 Å². The number of aliphatic hydroxyl groups is 2. The Morgan fingerprint density at radius 2 is 1.56 bits per heavy atom. The fourth-order valence-corrected chi connectivity index (χ4v) is 14.3. The Kier molecular flexibility index (Phi) is 17.8. The minimum atomic E-state index is -2.24. The van der Waals surface area contributed by atoms with Gasteiger partial charge in [0, 0.05) is 64.6 Å². The first kappa shape index (κ1) is 55.3. The second kappa shape index (κ2) is 21.8. The summed E-state index contributed by atoms with van der Waals surface area (Å²) in [7, 11) is -2.63. The summed E-state index contributed by atoms with van der Waals surface area (Å²) in [4.78, 5) is 14.6. The van der Waals surface area contributed by atoms with Crippen molar-refractivity contribution < 1.29 is 61.8 Å². The van der Waals surface area contributed by atoms with E-state index in [1.165, 1.54) is 0 Å². The molecule has 8 fully saturated rings. The van der Waals surface area contributed by atoms with Gasteiger partial charge in [-0.2, -0.15) is 0 Å². The molecule has 390 valence electrons. The lowest BCUT2D eigenvalue weighted by Crippen LogP contribution is -2.61. The molecule has 16 heteroatoms. The molecule has 6 bridgehead atoms. The van der Waals surface area contributed by atoms with E-state index >= 15 is 0 Å². The van der Waals surface area contributed by atoms with Gasteiger partial charge in [0.05, 0.1) is 67.6 Å². The quantitative estimate of drug-likeness (QED) is 0.0784. The van der Waals surface area contributed by atoms with Gasteiger partial charge in [-0.3, -0.25) is 4.79 Å². The Hall–Kier alpha value is -0.416. The number of ether oxygens (including phenoxy) is 8. The van der Waals surface area contributed by atoms with Crippen LogP contribution < -0.4 is 0 Å². The highest BCUT2D eigenvalue weighted by Gasteiger charge is 2.68. The molecule has 0 amide bonds. The van der Waals surface area contributed by atoms with E-state index in [-0.39, 0.29) is 120 Å². The molecule has 8 heterocycles. The van der Waals surface area contributed by atoms with Gasteiger partial charge in [0.1, 0.15) is 36.3 Å². The topological polar surface area (TPSA) is 150 Å². The molecular weight excluding hydrogens is 969 g/mol. The first-order valence-corrected chi connectivity index (χ1v) is 32.6. The van der Waals surface area contributed by atoms with Crippen LogP contribution >= 0.6 is 15.9 Å². The zero-order valence-corrected chi connectivity index (χ0v) is 47.2. The number of aliphatic hydroxyl groups excluding tert-OH is 2. The largest absolute Gasteiger partial charge is 0.414 e. The van der Waals surface area contributed by atoms with E-state index in [0.717, 1.165) is 29.3 Å². The first-order valence-electron chi connectivity index (χ1n) is 26.0. The zero-order valence-electron chi connectivity index (χ0n) is 43.6. The molecule has 0 aromatic carbocycles. The van der Waals surface area contributed by atoms with Crippen molar-refractivity contribution in [1.82, 2.24) is 0 Å².